The van der Waals surface area contributed by atoms with Gasteiger partial charge in [0.2, 0.25) is 11.8 Å². The zero-order valence-electron chi connectivity index (χ0n) is 14.9. The number of nitrogens with zero attached hydrogens (tertiary/aromatic N) is 2. The molecule has 2 rings (SSSR count). The van der Waals surface area contributed by atoms with Crippen LogP contribution in [0.1, 0.15) is 58.7 Å². The van der Waals surface area contributed by atoms with E-state index in [2.05, 4.69) is 20.8 Å². The van der Waals surface area contributed by atoms with Crippen molar-refractivity contribution in [2.24, 2.45) is 5.92 Å². The molecule has 0 bridgehead atoms. The van der Waals surface area contributed by atoms with Gasteiger partial charge in [-0.25, -0.2) is 4.79 Å². The molecule has 1 aliphatic rings. The fourth-order valence-corrected chi connectivity index (χ4v) is 2.46. The van der Waals surface area contributed by atoms with Crippen LogP contribution >= 0.6 is 0 Å². The number of nitrogens with one attached hydrogen (secondary N) is 2. The van der Waals surface area contributed by atoms with E-state index in [4.69, 9.17) is 9.26 Å². The van der Waals surface area contributed by atoms with Crippen LogP contribution in [0.15, 0.2) is 4.52 Å². The first-order valence-electron chi connectivity index (χ1n) is 8.19. The lowest BCUT2D eigenvalue weighted by molar-refractivity contribution is -0.123. The molecular weight excluding hydrogens is 312 g/mol. The van der Waals surface area contributed by atoms with Crippen molar-refractivity contribution < 1.29 is 18.8 Å². The standard InChI is InChI=1S/C16H26N4O4/c1-10-18-13(20-24-10)16(5,11-6-7-11)19-12(21)8-9-17-14(22)23-15(2,3)4/h11H,6-9H2,1-5H3,(H,17,22)(H,19,21). The third-order valence-electron chi connectivity index (χ3n) is 3.81. The van der Waals surface area contributed by atoms with Crippen molar-refractivity contribution in [2.45, 2.75) is 65.0 Å². The van der Waals surface area contributed by atoms with Crippen molar-refractivity contribution in [3.8, 4) is 0 Å². The van der Waals surface area contributed by atoms with E-state index in [0.29, 0.717) is 17.6 Å². The average Bonchev–Trinajstić information content (AvgIpc) is 3.19. The first kappa shape index (κ1) is 18.2. The Morgan fingerprint density at radius 1 is 1.29 bits per heavy atom. The third-order valence-corrected chi connectivity index (χ3v) is 3.81. The molecule has 8 nitrogen and oxygen atoms in total. The van der Waals surface area contributed by atoms with Crippen LogP contribution in [0.25, 0.3) is 0 Å². The molecule has 0 aliphatic heterocycles. The van der Waals surface area contributed by atoms with Crippen LogP contribution in [0.5, 0.6) is 0 Å². The highest BCUT2D eigenvalue weighted by Crippen LogP contribution is 2.44. The molecule has 1 heterocycles. The summed E-state index contributed by atoms with van der Waals surface area (Å²) in [5.74, 6) is 1.09. The van der Waals surface area contributed by atoms with E-state index >= 15 is 0 Å². The average molecular weight is 338 g/mol. The van der Waals surface area contributed by atoms with Gasteiger partial charge in [-0.1, -0.05) is 5.16 Å². The molecule has 134 valence electrons. The molecule has 1 atom stereocenters. The predicted molar refractivity (Wildman–Crippen MR) is 86.1 cm³/mol. The van der Waals surface area contributed by atoms with Crippen LogP contribution in [-0.2, 0) is 15.1 Å². The van der Waals surface area contributed by atoms with E-state index < -0.39 is 17.2 Å². The van der Waals surface area contributed by atoms with Crippen molar-refractivity contribution in [3.05, 3.63) is 11.7 Å². The second-order valence-electron chi connectivity index (χ2n) is 7.34. The molecule has 1 aromatic rings. The number of carbonyl (C=O) groups excluding carboxylic acids is 2. The summed E-state index contributed by atoms with van der Waals surface area (Å²) in [5, 5.41) is 9.52. The Kier molecular flexibility index (Phi) is 5.15. The Balaban J connectivity index is 1.85. The van der Waals surface area contributed by atoms with Crippen LogP contribution in [0, 0.1) is 12.8 Å². The van der Waals surface area contributed by atoms with Crippen molar-refractivity contribution in [2.75, 3.05) is 6.54 Å². The minimum Gasteiger partial charge on any atom is -0.444 e. The number of hydrogen-bond acceptors (Lipinski definition) is 6. The fraction of sp³-hybridized carbons (Fsp3) is 0.750. The maximum Gasteiger partial charge on any atom is 0.407 e. The van der Waals surface area contributed by atoms with E-state index in [-0.39, 0.29) is 18.9 Å². The first-order chi connectivity index (χ1) is 11.1. The Morgan fingerprint density at radius 2 is 1.96 bits per heavy atom. The number of ether oxygens (including phenoxy) is 1. The number of aryl methyl sites for hydroxylation is 1. The minimum atomic E-state index is -0.638. The highest BCUT2D eigenvalue weighted by Gasteiger charge is 2.47. The fourth-order valence-electron chi connectivity index (χ4n) is 2.46. The molecule has 1 saturated carbocycles. The third kappa shape index (κ3) is 4.94. The van der Waals surface area contributed by atoms with Gasteiger partial charge < -0.3 is 19.9 Å². The molecule has 2 amide bonds. The number of carbonyl (C=O) groups is 2. The molecule has 0 radical (unpaired) electrons. The van der Waals surface area contributed by atoms with Gasteiger partial charge in [-0.05, 0) is 46.5 Å². The molecule has 1 unspecified atom stereocenters. The van der Waals surface area contributed by atoms with Gasteiger partial charge >= 0.3 is 6.09 Å². The summed E-state index contributed by atoms with van der Waals surface area (Å²) in [5.41, 5.74) is -1.20. The molecule has 0 saturated heterocycles. The summed E-state index contributed by atoms with van der Waals surface area (Å²) < 4.78 is 10.2. The Morgan fingerprint density at radius 3 is 2.46 bits per heavy atom. The molecule has 1 aromatic heterocycles. The molecule has 2 N–H and O–H groups in total. The summed E-state index contributed by atoms with van der Waals surface area (Å²) >= 11 is 0. The molecule has 0 aromatic carbocycles. The largest absolute Gasteiger partial charge is 0.444 e. The molecule has 0 spiro atoms. The van der Waals surface area contributed by atoms with Gasteiger partial charge in [0.05, 0.1) is 0 Å². The van der Waals surface area contributed by atoms with Gasteiger partial charge in [0.25, 0.3) is 0 Å². The highest BCUT2D eigenvalue weighted by molar-refractivity contribution is 5.78. The Hall–Kier alpha value is -2.12. The molecule has 1 fully saturated rings. The van der Waals surface area contributed by atoms with Crippen LogP contribution < -0.4 is 10.6 Å². The topological polar surface area (TPSA) is 106 Å². The van der Waals surface area contributed by atoms with Crippen LogP contribution in [0.3, 0.4) is 0 Å². The van der Waals surface area contributed by atoms with Gasteiger partial charge in [0.1, 0.15) is 11.1 Å². The number of aromatic nitrogens is 2. The van der Waals surface area contributed by atoms with Gasteiger partial charge in [-0.2, -0.15) is 4.98 Å². The quantitative estimate of drug-likeness (QED) is 0.822. The van der Waals surface area contributed by atoms with Crippen molar-refractivity contribution >= 4 is 12.0 Å². The summed E-state index contributed by atoms with van der Waals surface area (Å²) in [6.07, 6.45) is 1.65. The van der Waals surface area contributed by atoms with Crippen LogP contribution in [-0.4, -0.2) is 34.3 Å². The Labute approximate surface area is 141 Å². The molecule has 8 heteroatoms. The lowest BCUT2D eigenvalue weighted by Crippen LogP contribution is -2.47. The second-order valence-corrected chi connectivity index (χ2v) is 7.34. The maximum absolute atomic E-state index is 12.2. The van der Waals surface area contributed by atoms with Gasteiger partial charge in [-0.3, -0.25) is 4.79 Å². The summed E-state index contributed by atoms with van der Waals surface area (Å²) in [4.78, 5) is 28.1. The number of rotatable bonds is 6. The SMILES string of the molecule is Cc1nc(C(C)(NC(=O)CCNC(=O)OC(C)(C)C)C2CC2)no1. The number of hydrogen-bond donors (Lipinski definition) is 2. The smallest absolute Gasteiger partial charge is 0.407 e. The predicted octanol–water partition coefficient (Wildman–Crippen LogP) is 2.03. The van der Waals surface area contributed by atoms with Crippen molar-refractivity contribution in [3.63, 3.8) is 0 Å². The van der Waals surface area contributed by atoms with E-state index in [0.717, 1.165) is 12.8 Å². The number of alkyl carbamates (subject to hydrolysis) is 1. The van der Waals surface area contributed by atoms with Crippen molar-refractivity contribution in [1.82, 2.24) is 20.8 Å². The monoisotopic (exact) mass is 338 g/mol. The summed E-state index contributed by atoms with van der Waals surface area (Å²) in [6.45, 7) is 9.19. The lowest BCUT2D eigenvalue weighted by atomic mass is 9.94. The molecule has 1 aliphatic carbocycles. The molecular formula is C16H26N4O4. The van der Waals surface area contributed by atoms with Crippen LogP contribution in [0.4, 0.5) is 4.79 Å². The second kappa shape index (κ2) is 6.78. The Bertz CT molecular complexity index is 603. The summed E-state index contributed by atoms with van der Waals surface area (Å²) in [6, 6.07) is 0. The molecule has 24 heavy (non-hydrogen) atoms. The maximum atomic E-state index is 12.2. The van der Waals surface area contributed by atoms with E-state index in [1.807, 2.05) is 6.92 Å². The van der Waals surface area contributed by atoms with Gasteiger partial charge in [-0.15, -0.1) is 0 Å². The lowest BCUT2D eigenvalue weighted by Gasteiger charge is -2.27. The normalized spacial score (nSPS) is 17.0. The van der Waals surface area contributed by atoms with E-state index in [1.165, 1.54) is 0 Å². The summed E-state index contributed by atoms with van der Waals surface area (Å²) in [7, 11) is 0. The first-order valence-corrected chi connectivity index (χ1v) is 8.19. The minimum absolute atomic E-state index is 0.151. The van der Waals surface area contributed by atoms with Crippen LogP contribution in [0.2, 0.25) is 0 Å². The zero-order valence-corrected chi connectivity index (χ0v) is 14.9. The van der Waals surface area contributed by atoms with Gasteiger partial charge in [0, 0.05) is 19.9 Å². The van der Waals surface area contributed by atoms with Gasteiger partial charge in [0.15, 0.2) is 5.82 Å². The highest BCUT2D eigenvalue weighted by atomic mass is 16.6. The van der Waals surface area contributed by atoms with E-state index in [9.17, 15) is 9.59 Å². The van der Waals surface area contributed by atoms with E-state index in [1.54, 1.807) is 27.7 Å². The zero-order chi connectivity index (χ0) is 18.0. The number of amides is 2. The van der Waals surface area contributed by atoms with Crippen molar-refractivity contribution in [1.29, 1.82) is 0 Å².